The van der Waals surface area contributed by atoms with Crippen LogP contribution in [0.2, 0.25) is 0 Å². The third-order valence-corrected chi connectivity index (χ3v) is 5.84. The fraction of sp³-hybridized carbons (Fsp3) is 0.217. The van der Waals surface area contributed by atoms with Crippen LogP contribution in [0.3, 0.4) is 0 Å². The molecule has 0 saturated heterocycles. The minimum Gasteiger partial charge on any atom is -0.484 e. The van der Waals surface area contributed by atoms with Crippen LogP contribution in [0.1, 0.15) is 29.3 Å². The largest absolute Gasteiger partial charge is 0.484 e. The van der Waals surface area contributed by atoms with Crippen molar-refractivity contribution < 1.29 is 19.1 Å². The summed E-state index contributed by atoms with van der Waals surface area (Å²) in [5, 5.41) is 5.04. The van der Waals surface area contributed by atoms with Crippen molar-refractivity contribution in [2.75, 3.05) is 19.0 Å². The van der Waals surface area contributed by atoms with Gasteiger partial charge in [-0.3, -0.25) is 4.79 Å². The second kappa shape index (κ2) is 10.4. The SMILES string of the molecule is CCCc1ccc(OCC(=O)Nc2scc(-c3ccc(Br)cc3)c2C(=O)OC)cc1. The Bertz CT molecular complexity index is 1010. The summed E-state index contributed by atoms with van der Waals surface area (Å²) >= 11 is 4.68. The van der Waals surface area contributed by atoms with Gasteiger partial charge in [0, 0.05) is 15.4 Å². The molecule has 156 valence electrons. The van der Waals surface area contributed by atoms with E-state index < -0.39 is 5.97 Å². The molecule has 3 aromatic rings. The van der Waals surface area contributed by atoms with Gasteiger partial charge in [-0.05, 0) is 41.8 Å². The van der Waals surface area contributed by atoms with Crippen molar-refractivity contribution in [2.24, 2.45) is 0 Å². The third-order valence-electron chi connectivity index (χ3n) is 4.42. The molecule has 0 aliphatic carbocycles. The van der Waals surface area contributed by atoms with Crippen LogP contribution in [-0.4, -0.2) is 25.6 Å². The van der Waals surface area contributed by atoms with Gasteiger partial charge in [0.15, 0.2) is 6.61 Å². The van der Waals surface area contributed by atoms with E-state index >= 15 is 0 Å². The van der Waals surface area contributed by atoms with Gasteiger partial charge in [-0.15, -0.1) is 11.3 Å². The van der Waals surface area contributed by atoms with E-state index in [1.54, 1.807) is 0 Å². The van der Waals surface area contributed by atoms with Crippen LogP contribution in [0.4, 0.5) is 5.00 Å². The zero-order valence-corrected chi connectivity index (χ0v) is 19.1. The molecule has 5 nitrogen and oxygen atoms in total. The fourth-order valence-electron chi connectivity index (χ4n) is 2.95. The molecule has 0 aliphatic rings. The fourth-order valence-corrected chi connectivity index (χ4v) is 4.19. The molecular weight excluding hydrogens is 466 g/mol. The van der Waals surface area contributed by atoms with Crippen LogP contribution >= 0.6 is 27.3 Å². The highest BCUT2D eigenvalue weighted by Gasteiger charge is 2.22. The molecule has 0 radical (unpaired) electrons. The van der Waals surface area contributed by atoms with Crippen molar-refractivity contribution in [1.82, 2.24) is 0 Å². The van der Waals surface area contributed by atoms with Gasteiger partial charge in [-0.1, -0.05) is 53.5 Å². The first-order chi connectivity index (χ1) is 14.5. The number of methoxy groups -OCH3 is 1. The molecule has 0 spiro atoms. The first-order valence-corrected chi connectivity index (χ1v) is 11.2. The minimum atomic E-state index is -0.503. The van der Waals surface area contributed by atoms with E-state index in [1.165, 1.54) is 24.0 Å². The molecule has 3 rings (SSSR count). The monoisotopic (exact) mass is 487 g/mol. The number of thiophene rings is 1. The molecular formula is C23H22BrNO4S. The van der Waals surface area contributed by atoms with E-state index in [9.17, 15) is 9.59 Å². The number of esters is 1. The summed E-state index contributed by atoms with van der Waals surface area (Å²) in [7, 11) is 1.32. The van der Waals surface area contributed by atoms with Gasteiger partial charge < -0.3 is 14.8 Å². The number of hydrogen-bond acceptors (Lipinski definition) is 5. The van der Waals surface area contributed by atoms with Crippen LogP contribution < -0.4 is 10.1 Å². The Labute approximate surface area is 188 Å². The smallest absolute Gasteiger partial charge is 0.341 e. The lowest BCUT2D eigenvalue weighted by Crippen LogP contribution is -2.21. The predicted molar refractivity (Wildman–Crippen MR) is 123 cm³/mol. The number of halogens is 1. The Morgan fingerprint density at radius 2 is 1.77 bits per heavy atom. The van der Waals surface area contributed by atoms with Gasteiger partial charge in [-0.2, -0.15) is 0 Å². The summed E-state index contributed by atoms with van der Waals surface area (Å²) in [6, 6.07) is 15.3. The predicted octanol–water partition coefficient (Wildman–Crippen LogP) is 5.93. The lowest BCUT2D eigenvalue weighted by molar-refractivity contribution is -0.118. The number of ether oxygens (including phenoxy) is 2. The van der Waals surface area contributed by atoms with E-state index in [0.717, 1.165) is 22.9 Å². The number of carbonyl (C=O) groups excluding carboxylic acids is 2. The van der Waals surface area contributed by atoms with Crippen molar-refractivity contribution in [3.05, 3.63) is 69.5 Å². The quantitative estimate of drug-likeness (QED) is 0.399. The van der Waals surface area contributed by atoms with Crippen molar-refractivity contribution >= 4 is 44.1 Å². The number of amides is 1. The second-order valence-electron chi connectivity index (χ2n) is 6.58. The summed E-state index contributed by atoms with van der Waals surface area (Å²) in [5.74, 6) is -0.223. The van der Waals surface area contributed by atoms with Crippen LogP contribution in [0.15, 0.2) is 58.4 Å². The van der Waals surface area contributed by atoms with Crippen LogP contribution in [0.25, 0.3) is 11.1 Å². The number of rotatable bonds is 8. The van der Waals surface area contributed by atoms with E-state index in [-0.39, 0.29) is 12.5 Å². The molecule has 0 fully saturated rings. The summed E-state index contributed by atoms with van der Waals surface area (Å²) in [4.78, 5) is 24.8. The van der Waals surface area contributed by atoms with Crippen LogP contribution in [0, 0.1) is 0 Å². The Balaban J connectivity index is 1.71. The van der Waals surface area contributed by atoms with E-state index in [0.29, 0.717) is 21.9 Å². The van der Waals surface area contributed by atoms with Crippen molar-refractivity contribution in [1.29, 1.82) is 0 Å². The van der Waals surface area contributed by atoms with Gasteiger partial charge in [0.05, 0.1) is 7.11 Å². The normalized spacial score (nSPS) is 10.5. The molecule has 0 bridgehead atoms. The van der Waals surface area contributed by atoms with Crippen molar-refractivity contribution in [3.63, 3.8) is 0 Å². The van der Waals surface area contributed by atoms with Gasteiger partial charge >= 0.3 is 5.97 Å². The standard InChI is InChI=1S/C23H22BrNO4S/c1-3-4-15-5-11-18(12-6-15)29-13-20(26)25-22-21(23(27)28-2)19(14-30-22)16-7-9-17(24)10-8-16/h5-12,14H,3-4,13H2,1-2H3,(H,25,26). The molecule has 1 N–H and O–H groups in total. The first kappa shape index (κ1) is 22.1. The highest BCUT2D eigenvalue weighted by Crippen LogP contribution is 2.36. The highest BCUT2D eigenvalue weighted by molar-refractivity contribution is 9.10. The number of benzene rings is 2. The summed E-state index contributed by atoms with van der Waals surface area (Å²) < 4.78 is 11.5. The molecule has 1 amide bonds. The molecule has 1 heterocycles. The molecule has 1 aromatic heterocycles. The van der Waals surface area contributed by atoms with E-state index in [2.05, 4.69) is 28.2 Å². The van der Waals surface area contributed by atoms with Crippen LogP contribution in [-0.2, 0) is 16.0 Å². The number of aryl methyl sites for hydroxylation is 1. The number of carbonyl (C=O) groups is 2. The van der Waals surface area contributed by atoms with Gasteiger partial charge in [0.1, 0.15) is 16.3 Å². The Hall–Kier alpha value is -2.64. The number of nitrogens with one attached hydrogen (secondary N) is 1. The minimum absolute atomic E-state index is 0.154. The van der Waals surface area contributed by atoms with Gasteiger partial charge in [-0.25, -0.2) is 4.79 Å². The second-order valence-corrected chi connectivity index (χ2v) is 8.38. The zero-order valence-electron chi connectivity index (χ0n) is 16.7. The summed E-state index contributed by atoms with van der Waals surface area (Å²) in [5.41, 5.74) is 3.14. The third kappa shape index (κ3) is 5.49. The lowest BCUT2D eigenvalue weighted by atomic mass is 10.0. The average molecular weight is 488 g/mol. The van der Waals surface area contributed by atoms with Gasteiger partial charge in [0.2, 0.25) is 0 Å². The Kier molecular flexibility index (Phi) is 7.65. The van der Waals surface area contributed by atoms with Crippen LogP contribution in [0.5, 0.6) is 5.75 Å². The number of anilines is 1. The Morgan fingerprint density at radius 3 is 2.40 bits per heavy atom. The average Bonchev–Trinajstić information content (AvgIpc) is 3.17. The van der Waals surface area contributed by atoms with Crippen molar-refractivity contribution in [3.8, 4) is 16.9 Å². The lowest BCUT2D eigenvalue weighted by Gasteiger charge is -2.09. The zero-order chi connectivity index (χ0) is 21.5. The van der Waals surface area contributed by atoms with Gasteiger partial charge in [0.25, 0.3) is 5.91 Å². The summed E-state index contributed by atoms with van der Waals surface area (Å²) in [6.07, 6.45) is 2.09. The first-order valence-electron chi connectivity index (χ1n) is 9.49. The maximum Gasteiger partial charge on any atom is 0.341 e. The van der Waals surface area contributed by atoms with E-state index in [1.807, 2.05) is 53.9 Å². The maximum atomic E-state index is 12.4. The molecule has 2 aromatic carbocycles. The highest BCUT2D eigenvalue weighted by atomic mass is 79.9. The molecule has 7 heteroatoms. The molecule has 0 atom stereocenters. The molecule has 0 aliphatic heterocycles. The van der Waals surface area contributed by atoms with E-state index in [4.69, 9.17) is 9.47 Å². The maximum absolute atomic E-state index is 12.4. The summed E-state index contributed by atoms with van der Waals surface area (Å²) in [6.45, 7) is 1.98. The number of hydrogen-bond donors (Lipinski definition) is 1. The molecule has 30 heavy (non-hydrogen) atoms. The molecule has 0 saturated carbocycles. The Morgan fingerprint density at radius 1 is 1.07 bits per heavy atom. The molecule has 0 unspecified atom stereocenters. The topological polar surface area (TPSA) is 64.6 Å². The van der Waals surface area contributed by atoms with Crippen molar-refractivity contribution in [2.45, 2.75) is 19.8 Å².